The van der Waals surface area contributed by atoms with Gasteiger partial charge in [0.1, 0.15) is 0 Å². The fourth-order valence-corrected chi connectivity index (χ4v) is 4.46. The number of benzene rings is 2. The van der Waals surface area contributed by atoms with E-state index in [9.17, 15) is 9.59 Å². The van der Waals surface area contributed by atoms with Crippen molar-refractivity contribution in [3.63, 3.8) is 0 Å². The van der Waals surface area contributed by atoms with Crippen LogP contribution in [0, 0.1) is 6.92 Å². The Morgan fingerprint density at radius 3 is 2.73 bits per heavy atom. The quantitative estimate of drug-likeness (QED) is 0.481. The predicted molar refractivity (Wildman–Crippen MR) is 127 cm³/mol. The summed E-state index contributed by atoms with van der Waals surface area (Å²) in [5.41, 5.74) is 3.77. The van der Waals surface area contributed by atoms with Crippen LogP contribution in [0.25, 0.3) is 10.9 Å². The number of para-hydroxylation sites is 2. The van der Waals surface area contributed by atoms with Crippen LogP contribution >= 0.6 is 0 Å². The number of anilines is 1. The molecule has 0 bridgehead atoms. The number of fused-ring (bicyclic) bond motifs is 1. The van der Waals surface area contributed by atoms with Gasteiger partial charge in [0, 0.05) is 35.5 Å². The Kier molecular flexibility index (Phi) is 5.60. The Bertz CT molecular complexity index is 1310. The van der Waals surface area contributed by atoms with E-state index in [0.29, 0.717) is 30.0 Å². The summed E-state index contributed by atoms with van der Waals surface area (Å²) in [5.74, 6) is 0.409. The number of nitrogens with zero attached hydrogens (tertiary/aromatic N) is 3. The highest BCUT2D eigenvalue weighted by Crippen LogP contribution is 2.31. The first-order valence-corrected chi connectivity index (χ1v) is 11.1. The molecular weight excluding hydrogens is 414 g/mol. The van der Waals surface area contributed by atoms with Crippen molar-refractivity contribution in [1.29, 1.82) is 0 Å². The smallest absolute Gasteiger partial charge is 0.259 e. The van der Waals surface area contributed by atoms with E-state index in [2.05, 4.69) is 20.3 Å². The highest BCUT2D eigenvalue weighted by atomic mass is 16.2. The van der Waals surface area contributed by atoms with Crippen LogP contribution in [-0.2, 0) is 11.2 Å². The maximum absolute atomic E-state index is 13.2. The molecule has 1 fully saturated rings. The van der Waals surface area contributed by atoms with E-state index in [-0.39, 0.29) is 17.9 Å². The van der Waals surface area contributed by atoms with Crippen molar-refractivity contribution in [2.75, 3.05) is 11.9 Å². The minimum atomic E-state index is -0.246. The van der Waals surface area contributed by atoms with Crippen LogP contribution in [0.1, 0.15) is 46.3 Å². The summed E-state index contributed by atoms with van der Waals surface area (Å²) in [6, 6.07) is 17.1. The average molecular weight is 440 g/mol. The van der Waals surface area contributed by atoms with Gasteiger partial charge in [-0.3, -0.25) is 9.59 Å². The second-order valence-corrected chi connectivity index (χ2v) is 8.33. The van der Waals surface area contributed by atoms with E-state index >= 15 is 0 Å². The molecule has 2 aromatic carbocycles. The van der Waals surface area contributed by atoms with Crippen molar-refractivity contribution in [1.82, 2.24) is 19.9 Å². The van der Waals surface area contributed by atoms with Crippen molar-refractivity contribution >= 4 is 28.4 Å². The molecule has 5 rings (SSSR count). The minimum absolute atomic E-state index is 0.0643. The molecule has 7 heteroatoms. The topological polar surface area (TPSA) is 91.0 Å². The van der Waals surface area contributed by atoms with Crippen LogP contribution in [0.3, 0.4) is 0 Å². The third-order valence-electron chi connectivity index (χ3n) is 6.16. The molecule has 166 valence electrons. The zero-order chi connectivity index (χ0) is 22.8. The molecule has 1 aliphatic rings. The van der Waals surface area contributed by atoms with Crippen LogP contribution in [0.2, 0.25) is 0 Å². The van der Waals surface area contributed by atoms with E-state index < -0.39 is 0 Å². The molecule has 33 heavy (non-hydrogen) atoms. The molecule has 0 unspecified atom stereocenters. The monoisotopic (exact) mass is 439 g/mol. The van der Waals surface area contributed by atoms with Gasteiger partial charge in [-0.05, 0) is 43.5 Å². The molecule has 0 radical (unpaired) electrons. The second kappa shape index (κ2) is 8.86. The Labute approximate surface area is 191 Å². The van der Waals surface area contributed by atoms with Gasteiger partial charge in [0.05, 0.1) is 23.7 Å². The Hall–Kier alpha value is -4.00. The number of nitrogens with one attached hydrogen (secondary N) is 2. The minimum Gasteiger partial charge on any atom is -0.361 e. The highest BCUT2D eigenvalue weighted by molar-refractivity contribution is 6.04. The van der Waals surface area contributed by atoms with Crippen LogP contribution in [0.5, 0.6) is 0 Å². The van der Waals surface area contributed by atoms with Crippen LogP contribution in [0.15, 0.2) is 67.0 Å². The summed E-state index contributed by atoms with van der Waals surface area (Å²) < 4.78 is 0. The van der Waals surface area contributed by atoms with Gasteiger partial charge in [-0.1, -0.05) is 36.4 Å². The van der Waals surface area contributed by atoms with Crippen LogP contribution in [0.4, 0.5) is 5.69 Å². The molecule has 3 heterocycles. The predicted octanol–water partition coefficient (Wildman–Crippen LogP) is 4.42. The maximum Gasteiger partial charge on any atom is 0.259 e. The van der Waals surface area contributed by atoms with Crippen LogP contribution in [-0.4, -0.2) is 38.2 Å². The SMILES string of the molecule is Cc1nc([C@@H]2CCCN2C(=O)Cc2c[nH]c3ccccc23)ncc1C(=O)Nc1ccccc1. The molecule has 1 atom stereocenters. The molecule has 2 amide bonds. The normalized spacial score (nSPS) is 15.7. The number of hydrogen-bond acceptors (Lipinski definition) is 4. The molecule has 0 aliphatic carbocycles. The van der Waals surface area contributed by atoms with Gasteiger partial charge in [0.15, 0.2) is 5.82 Å². The lowest BCUT2D eigenvalue weighted by Crippen LogP contribution is -2.33. The van der Waals surface area contributed by atoms with Crippen molar-refractivity contribution in [3.05, 3.63) is 89.6 Å². The maximum atomic E-state index is 13.2. The van der Waals surface area contributed by atoms with E-state index in [1.807, 2.05) is 65.7 Å². The largest absolute Gasteiger partial charge is 0.361 e. The first kappa shape index (κ1) is 20.9. The molecule has 2 N–H and O–H groups in total. The zero-order valence-corrected chi connectivity index (χ0v) is 18.4. The van der Waals surface area contributed by atoms with Gasteiger partial charge < -0.3 is 15.2 Å². The number of carbonyl (C=O) groups is 2. The lowest BCUT2D eigenvalue weighted by molar-refractivity contribution is -0.131. The number of aromatic amines is 1. The molecule has 7 nitrogen and oxygen atoms in total. The van der Waals surface area contributed by atoms with Gasteiger partial charge in [-0.2, -0.15) is 0 Å². The first-order chi connectivity index (χ1) is 16.1. The molecule has 4 aromatic rings. The van der Waals surface area contributed by atoms with Crippen molar-refractivity contribution in [2.45, 2.75) is 32.2 Å². The molecule has 1 saturated heterocycles. The number of aryl methyl sites for hydroxylation is 1. The van der Waals surface area contributed by atoms with E-state index in [0.717, 1.165) is 35.0 Å². The fourth-order valence-electron chi connectivity index (χ4n) is 4.46. The number of amides is 2. The number of aromatic nitrogens is 3. The van der Waals surface area contributed by atoms with Gasteiger partial charge in [-0.25, -0.2) is 9.97 Å². The van der Waals surface area contributed by atoms with E-state index in [1.165, 1.54) is 0 Å². The number of likely N-dealkylation sites (tertiary alicyclic amines) is 1. The summed E-state index contributed by atoms with van der Waals surface area (Å²) in [5, 5.41) is 3.94. The van der Waals surface area contributed by atoms with Crippen molar-refractivity contribution < 1.29 is 9.59 Å². The van der Waals surface area contributed by atoms with Gasteiger partial charge in [-0.15, -0.1) is 0 Å². The Morgan fingerprint density at radius 2 is 1.91 bits per heavy atom. The highest BCUT2D eigenvalue weighted by Gasteiger charge is 2.32. The second-order valence-electron chi connectivity index (χ2n) is 8.33. The van der Waals surface area contributed by atoms with Crippen molar-refractivity contribution in [3.8, 4) is 0 Å². The van der Waals surface area contributed by atoms with Crippen molar-refractivity contribution in [2.24, 2.45) is 0 Å². The average Bonchev–Trinajstić information content (AvgIpc) is 3.47. The molecule has 2 aromatic heterocycles. The number of H-pyrrole nitrogens is 1. The molecule has 0 spiro atoms. The summed E-state index contributed by atoms with van der Waals surface area (Å²) >= 11 is 0. The van der Waals surface area contributed by atoms with Gasteiger partial charge >= 0.3 is 0 Å². The van der Waals surface area contributed by atoms with Crippen LogP contribution < -0.4 is 5.32 Å². The third-order valence-corrected chi connectivity index (χ3v) is 6.16. The molecular formula is C26H25N5O2. The Balaban J connectivity index is 1.32. The van der Waals surface area contributed by atoms with Gasteiger partial charge in [0.25, 0.3) is 5.91 Å². The van der Waals surface area contributed by atoms with E-state index in [4.69, 9.17) is 0 Å². The number of rotatable bonds is 5. The zero-order valence-electron chi connectivity index (χ0n) is 18.4. The number of hydrogen-bond donors (Lipinski definition) is 2. The fraction of sp³-hybridized carbons (Fsp3) is 0.231. The summed E-state index contributed by atoms with van der Waals surface area (Å²) in [6.45, 7) is 2.49. The summed E-state index contributed by atoms with van der Waals surface area (Å²) in [4.78, 5) is 40.1. The summed E-state index contributed by atoms with van der Waals surface area (Å²) in [6.07, 6.45) is 5.53. The molecule has 0 saturated carbocycles. The standard InChI is InChI=1S/C26H25N5O2/c1-17-21(26(33)30-19-8-3-2-4-9-19)16-28-25(29-17)23-12-7-13-31(23)24(32)14-18-15-27-22-11-6-5-10-20(18)22/h2-6,8-11,15-16,23,27H,7,12-14H2,1H3,(H,30,33)/t23-/m0/s1. The third kappa shape index (κ3) is 4.22. The van der Waals surface area contributed by atoms with Gasteiger partial charge in [0.2, 0.25) is 5.91 Å². The summed E-state index contributed by atoms with van der Waals surface area (Å²) in [7, 11) is 0. The lowest BCUT2D eigenvalue weighted by Gasteiger charge is -2.24. The van der Waals surface area contributed by atoms with E-state index in [1.54, 1.807) is 13.1 Å². The lowest BCUT2D eigenvalue weighted by atomic mass is 10.1. The Morgan fingerprint density at radius 1 is 1.12 bits per heavy atom. The number of carbonyl (C=O) groups excluding carboxylic acids is 2. The first-order valence-electron chi connectivity index (χ1n) is 11.1. The molecule has 1 aliphatic heterocycles.